The van der Waals surface area contributed by atoms with Crippen molar-refractivity contribution in [2.24, 2.45) is 0 Å². The number of rotatable bonds is 4. The Kier molecular flexibility index (Phi) is 4.60. The van der Waals surface area contributed by atoms with Crippen LogP contribution in [0.3, 0.4) is 0 Å². The van der Waals surface area contributed by atoms with Crippen LogP contribution in [0, 0.1) is 0 Å². The fourth-order valence-corrected chi connectivity index (χ4v) is 2.44. The number of carbonyl (C=O) groups is 1. The summed E-state index contributed by atoms with van der Waals surface area (Å²) in [7, 11) is 0. The normalized spacial score (nSPS) is 10.5. The number of benzene rings is 2. The molecule has 1 heterocycles. The van der Waals surface area contributed by atoms with Gasteiger partial charge in [0.2, 0.25) is 0 Å². The summed E-state index contributed by atoms with van der Waals surface area (Å²) in [6.07, 6.45) is 3.14. The zero-order chi connectivity index (χ0) is 16.2. The molecule has 0 saturated carbocycles. The SMILES string of the molecule is O=C(Nc1ccc(Cn2cncn2)cc1)c1cc(Cl)ccc1Cl. The van der Waals surface area contributed by atoms with Crippen LogP contribution in [0.2, 0.25) is 10.0 Å². The smallest absolute Gasteiger partial charge is 0.257 e. The number of carbonyl (C=O) groups excluding carboxylic acids is 1. The van der Waals surface area contributed by atoms with Crippen LogP contribution in [-0.4, -0.2) is 20.7 Å². The molecule has 3 rings (SSSR count). The Labute approximate surface area is 142 Å². The second-order valence-electron chi connectivity index (χ2n) is 4.87. The molecule has 0 aliphatic heterocycles. The summed E-state index contributed by atoms with van der Waals surface area (Å²) in [6.45, 7) is 0.619. The van der Waals surface area contributed by atoms with Gasteiger partial charge in [0.25, 0.3) is 5.91 Å². The average Bonchev–Trinajstić information content (AvgIpc) is 3.04. The summed E-state index contributed by atoms with van der Waals surface area (Å²) in [5.41, 5.74) is 2.06. The van der Waals surface area contributed by atoms with Gasteiger partial charge in [0, 0.05) is 10.7 Å². The maximum Gasteiger partial charge on any atom is 0.257 e. The summed E-state index contributed by atoms with van der Waals surface area (Å²) in [4.78, 5) is 16.1. The first-order valence-electron chi connectivity index (χ1n) is 6.79. The van der Waals surface area contributed by atoms with E-state index in [-0.39, 0.29) is 5.91 Å². The lowest BCUT2D eigenvalue weighted by Gasteiger charge is -2.08. The lowest BCUT2D eigenvalue weighted by Crippen LogP contribution is -2.12. The molecular weight excluding hydrogens is 335 g/mol. The summed E-state index contributed by atoms with van der Waals surface area (Å²) in [5.74, 6) is -0.304. The Morgan fingerprint density at radius 2 is 1.91 bits per heavy atom. The molecular formula is C16H12Cl2N4O. The van der Waals surface area contributed by atoms with Crippen LogP contribution in [0.15, 0.2) is 55.1 Å². The Balaban J connectivity index is 1.70. The van der Waals surface area contributed by atoms with Crippen LogP contribution < -0.4 is 5.32 Å². The van der Waals surface area contributed by atoms with Crippen molar-refractivity contribution in [3.05, 3.63) is 76.3 Å². The number of hydrogen-bond donors (Lipinski definition) is 1. The number of halogens is 2. The van der Waals surface area contributed by atoms with Crippen LogP contribution >= 0.6 is 23.2 Å². The largest absolute Gasteiger partial charge is 0.322 e. The summed E-state index contributed by atoms with van der Waals surface area (Å²) < 4.78 is 1.72. The van der Waals surface area contributed by atoms with Gasteiger partial charge in [-0.2, -0.15) is 5.10 Å². The molecule has 0 saturated heterocycles. The van der Waals surface area contributed by atoms with Gasteiger partial charge in [-0.1, -0.05) is 35.3 Å². The molecule has 0 aliphatic carbocycles. The van der Waals surface area contributed by atoms with E-state index in [1.807, 2.05) is 24.3 Å². The van der Waals surface area contributed by atoms with E-state index >= 15 is 0 Å². The van der Waals surface area contributed by atoms with Gasteiger partial charge in [-0.05, 0) is 35.9 Å². The minimum absolute atomic E-state index is 0.304. The molecule has 0 fully saturated rings. The fraction of sp³-hybridized carbons (Fsp3) is 0.0625. The Hall–Kier alpha value is -2.37. The van der Waals surface area contributed by atoms with Crippen molar-refractivity contribution in [1.82, 2.24) is 14.8 Å². The van der Waals surface area contributed by atoms with E-state index in [0.29, 0.717) is 27.8 Å². The molecule has 23 heavy (non-hydrogen) atoms. The molecule has 116 valence electrons. The number of aromatic nitrogens is 3. The predicted octanol–water partition coefficient (Wildman–Crippen LogP) is 3.89. The van der Waals surface area contributed by atoms with E-state index in [1.54, 1.807) is 23.1 Å². The molecule has 0 bridgehead atoms. The highest BCUT2D eigenvalue weighted by Gasteiger charge is 2.11. The topological polar surface area (TPSA) is 59.8 Å². The van der Waals surface area contributed by atoms with E-state index in [9.17, 15) is 4.79 Å². The van der Waals surface area contributed by atoms with Gasteiger partial charge in [-0.25, -0.2) is 9.67 Å². The summed E-state index contributed by atoms with van der Waals surface area (Å²) in [6, 6.07) is 12.2. The number of nitrogens with zero attached hydrogens (tertiary/aromatic N) is 3. The highest BCUT2D eigenvalue weighted by Crippen LogP contribution is 2.22. The Morgan fingerprint density at radius 3 is 2.61 bits per heavy atom. The van der Waals surface area contributed by atoms with Gasteiger partial charge < -0.3 is 5.32 Å². The molecule has 2 aromatic carbocycles. The Morgan fingerprint density at radius 1 is 1.13 bits per heavy atom. The number of amides is 1. The van der Waals surface area contributed by atoms with Crippen LogP contribution in [-0.2, 0) is 6.54 Å². The molecule has 1 amide bonds. The van der Waals surface area contributed by atoms with Gasteiger partial charge in [-0.3, -0.25) is 4.79 Å². The molecule has 0 spiro atoms. The molecule has 1 aromatic heterocycles. The minimum atomic E-state index is -0.304. The highest BCUT2D eigenvalue weighted by atomic mass is 35.5. The fourth-order valence-electron chi connectivity index (χ4n) is 2.06. The van der Waals surface area contributed by atoms with Crippen LogP contribution in [0.1, 0.15) is 15.9 Å². The van der Waals surface area contributed by atoms with Crippen LogP contribution in [0.5, 0.6) is 0 Å². The molecule has 5 nitrogen and oxygen atoms in total. The quantitative estimate of drug-likeness (QED) is 0.779. The highest BCUT2D eigenvalue weighted by molar-refractivity contribution is 6.36. The standard InChI is InChI=1S/C16H12Cl2N4O/c17-12-3-6-15(18)14(7-12)16(23)21-13-4-1-11(2-5-13)8-22-10-19-9-20-22/h1-7,9-10H,8H2,(H,21,23). The van der Waals surface area contributed by atoms with Crippen LogP contribution in [0.25, 0.3) is 0 Å². The van der Waals surface area contributed by atoms with E-state index in [0.717, 1.165) is 5.56 Å². The average molecular weight is 347 g/mol. The second kappa shape index (κ2) is 6.81. The molecule has 7 heteroatoms. The molecule has 0 radical (unpaired) electrons. The summed E-state index contributed by atoms with van der Waals surface area (Å²) >= 11 is 11.9. The molecule has 3 aromatic rings. The van der Waals surface area contributed by atoms with Gasteiger partial charge in [-0.15, -0.1) is 0 Å². The number of anilines is 1. The first-order valence-corrected chi connectivity index (χ1v) is 7.55. The molecule has 0 aliphatic rings. The van der Waals surface area contributed by atoms with Gasteiger partial charge in [0.05, 0.1) is 17.1 Å². The lowest BCUT2D eigenvalue weighted by molar-refractivity contribution is 0.102. The zero-order valence-electron chi connectivity index (χ0n) is 11.9. The van der Waals surface area contributed by atoms with Crippen molar-refractivity contribution in [3.63, 3.8) is 0 Å². The van der Waals surface area contributed by atoms with E-state index in [1.165, 1.54) is 12.4 Å². The van der Waals surface area contributed by atoms with E-state index < -0.39 is 0 Å². The number of hydrogen-bond acceptors (Lipinski definition) is 3. The maximum atomic E-state index is 12.3. The van der Waals surface area contributed by atoms with Crippen molar-refractivity contribution < 1.29 is 4.79 Å². The molecule has 1 N–H and O–H groups in total. The van der Waals surface area contributed by atoms with Crippen molar-refractivity contribution >= 4 is 34.8 Å². The first-order chi connectivity index (χ1) is 11.1. The van der Waals surface area contributed by atoms with Crippen molar-refractivity contribution in [2.45, 2.75) is 6.54 Å². The van der Waals surface area contributed by atoms with Gasteiger partial charge in [0.15, 0.2) is 0 Å². The first kappa shape index (κ1) is 15.5. The number of nitrogens with one attached hydrogen (secondary N) is 1. The summed E-state index contributed by atoms with van der Waals surface area (Å²) in [5, 5.41) is 7.66. The Bertz CT molecular complexity index is 817. The van der Waals surface area contributed by atoms with Gasteiger partial charge >= 0.3 is 0 Å². The lowest BCUT2D eigenvalue weighted by atomic mass is 10.2. The minimum Gasteiger partial charge on any atom is -0.322 e. The maximum absolute atomic E-state index is 12.3. The predicted molar refractivity (Wildman–Crippen MR) is 90.0 cm³/mol. The van der Waals surface area contributed by atoms with Crippen LogP contribution in [0.4, 0.5) is 5.69 Å². The molecule has 0 unspecified atom stereocenters. The second-order valence-corrected chi connectivity index (χ2v) is 5.71. The van der Waals surface area contributed by atoms with E-state index in [4.69, 9.17) is 23.2 Å². The molecule has 0 atom stereocenters. The third-order valence-electron chi connectivity index (χ3n) is 3.20. The van der Waals surface area contributed by atoms with Crippen molar-refractivity contribution in [2.75, 3.05) is 5.32 Å². The monoisotopic (exact) mass is 346 g/mol. The van der Waals surface area contributed by atoms with E-state index in [2.05, 4.69) is 15.4 Å². The third-order valence-corrected chi connectivity index (χ3v) is 3.76. The van der Waals surface area contributed by atoms with Gasteiger partial charge in [0.1, 0.15) is 12.7 Å². The van der Waals surface area contributed by atoms with Crippen molar-refractivity contribution in [3.8, 4) is 0 Å². The zero-order valence-corrected chi connectivity index (χ0v) is 13.4. The third kappa shape index (κ3) is 3.88. The van der Waals surface area contributed by atoms with Crippen molar-refractivity contribution in [1.29, 1.82) is 0 Å².